The van der Waals surface area contributed by atoms with Crippen LogP contribution in [0.5, 0.6) is 5.75 Å². The van der Waals surface area contributed by atoms with E-state index in [1.165, 1.54) is 55.5 Å². The molecule has 0 spiro atoms. The zero-order chi connectivity index (χ0) is 33.6. The number of ether oxygens (including phenoxy) is 2. The predicted molar refractivity (Wildman–Crippen MR) is 158 cm³/mol. The lowest BCUT2D eigenvalue weighted by atomic mass is 10.0. The maximum absolute atomic E-state index is 13.1. The summed E-state index contributed by atoms with van der Waals surface area (Å²) >= 11 is 0. The normalized spacial score (nSPS) is 17.6. The molecule has 1 fully saturated rings. The smallest absolute Gasteiger partial charge is 0.416 e. The molecule has 0 radical (unpaired) electrons. The van der Waals surface area contributed by atoms with Crippen molar-refractivity contribution in [1.29, 1.82) is 0 Å². The molecule has 3 atom stereocenters. The minimum Gasteiger partial charge on any atom is -0.489 e. The monoisotopic (exact) mass is 669 g/mol. The number of hydrogen-bond acceptors (Lipinski definition) is 7. The van der Waals surface area contributed by atoms with Gasteiger partial charge in [0.05, 0.1) is 47.9 Å². The third-order valence-electron chi connectivity index (χ3n) is 7.47. The highest BCUT2D eigenvalue weighted by Crippen LogP contribution is 2.33. The van der Waals surface area contributed by atoms with Gasteiger partial charge in [-0.05, 0) is 66.2 Å². The van der Waals surface area contributed by atoms with E-state index in [4.69, 9.17) is 10.5 Å². The third-order valence-corrected chi connectivity index (χ3v) is 9.22. The second-order valence-electron chi connectivity index (χ2n) is 10.6. The molecule has 9 nitrogen and oxygen atoms in total. The van der Waals surface area contributed by atoms with Crippen LogP contribution in [0.1, 0.15) is 47.3 Å². The quantitative estimate of drug-likeness (QED) is 0.242. The summed E-state index contributed by atoms with van der Waals surface area (Å²) in [6.07, 6.45) is -5.07. The minimum absolute atomic E-state index is 0.0892. The molecule has 46 heavy (non-hydrogen) atoms. The van der Waals surface area contributed by atoms with Gasteiger partial charge in [-0.1, -0.05) is 19.1 Å². The molecule has 1 saturated heterocycles. The fourth-order valence-electron chi connectivity index (χ4n) is 5.11. The van der Waals surface area contributed by atoms with Crippen LogP contribution in [0.25, 0.3) is 0 Å². The first kappa shape index (κ1) is 34.6. The summed E-state index contributed by atoms with van der Waals surface area (Å²) in [6.45, 7) is -1.64. The third kappa shape index (κ3) is 8.94. The van der Waals surface area contributed by atoms with E-state index in [9.17, 15) is 40.0 Å². The molecule has 1 heterocycles. The molecule has 3 aromatic carbocycles. The Hall–Kier alpha value is -4.24. The number of primary amides is 1. The molecule has 3 aromatic rings. The average molecular weight is 670 g/mol. The molecule has 4 rings (SSSR count). The SMILES string of the molecule is CCS(=O)(=O)c1ccc(C(CC(N)=O)NC(=O)c2ccc(N3C[C@@H](Oc4ccc(C(F)(F)F)cc4)C[C@H]3COC(F)F)cc2)cc1. The van der Waals surface area contributed by atoms with Crippen molar-refractivity contribution in [2.45, 2.75) is 55.6 Å². The van der Waals surface area contributed by atoms with E-state index in [1.54, 1.807) is 17.0 Å². The molecule has 0 saturated carbocycles. The van der Waals surface area contributed by atoms with Crippen molar-refractivity contribution in [2.24, 2.45) is 5.73 Å². The topological polar surface area (TPSA) is 128 Å². The fraction of sp³-hybridized carbons (Fsp3) is 0.355. The molecular weight excluding hydrogens is 637 g/mol. The van der Waals surface area contributed by atoms with E-state index in [0.29, 0.717) is 11.3 Å². The highest BCUT2D eigenvalue weighted by Gasteiger charge is 2.35. The van der Waals surface area contributed by atoms with Crippen LogP contribution >= 0.6 is 0 Å². The Balaban J connectivity index is 1.47. The molecule has 248 valence electrons. The maximum Gasteiger partial charge on any atom is 0.416 e. The summed E-state index contributed by atoms with van der Waals surface area (Å²) in [5.41, 5.74) is 5.79. The Kier molecular flexibility index (Phi) is 10.9. The largest absolute Gasteiger partial charge is 0.489 e. The minimum atomic E-state index is -4.50. The van der Waals surface area contributed by atoms with Gasteiger partial charge < -0.3 is 25.4 Å². The molecule has 1 aliphatic rings. The molecule has 15 heteroatoms. The Bertz CT molecular complexity index is 1600. The summed E-state index contributed by atoms with van der Waals surface area (Å²) in [4.78, 5) is 26.7. The molecule has 3 N–H and O–H groups in total. The average Bonchev–Trinajstić information content (AvgIpc) is 3.41. The number of benzene rings is 3. The van der Waals surface area contributed by atoms with Gasteiger partial charge in [0.15, 0.2) is 9.84 Å². The van der Waals surface area contributed by atoms with E-state index in [1.807, 2.05) is 0 Å². The Labute approximate surface area is 262 Å². The second-order valence-corrected chi connectivity index (χ2v) is 12.9. The Morgan fingerprint density at radius 1 is 1.00 bits per heavy atom. The van der Waals surface area contributed by atoms with Crippen LogP contribution in [0.2, 0.25) is 0 Å². The van der Waals surface area contributed by atoms with Gasteiger partial charge in [-0.25, -0.2) is 8.42 Å². The number of anilines is 1. The number of halogens is 5. The number of nitrogens with two attached hydrogens (primary N) is 1. The zero-order valence-corrected chi connectivity index (χ0v) is 25.4. The van der Waals surface area contributed by atoms with Crippen molar-refractivity contribution in [2.75, 3.05) is 23.8 Å². The van der Waals surface area contributed by atoms with Crippen LogP contribution in [0.15, 0.2) is 77.7 Å². The summed E-state index contributed by atoms with van der Waals surface area (Å²) < 4.78 is 99.2. The number of amides is 2. The van der Waals surface area contributed by atoms with Crippen molar-refractivity contribution >= 4 is 27.3 Å². The lowest BCUT2D eigenvalue weighted by molar-refractivity contribution is -0.137. The van der Waals surface area contributed by atoms with Gasteiger partial charge in [-0.2, -0.15) is 22.0 Å². The van der Waals surface area contributed by atoms with Crippen LogP contribution in [-0.2, 0) is 25.5 Å². The van der Waals surface area contributed by atoms with Gasteiger partial charge in [0.2, 0.25) is 5.91 Å². The van der Waals surface area contributed by atoms with Gasteiger partial charge in [-0.3, -0.25) is 9.59 Å². The highest BCUT2D eigenvalue weighted by molar-refractivity contribution is 7.91. The standard InChI is InChI=1S/C31H32F5N3O6S/c1-2-46(42,43)26-13-5-19(6-14-26)27(16-28(37)40)38-29(41)20-3-9-22(10-4-20)39-17-25(15-23(39)18-44-30(32)33)45-24-11-7-21(8-12-24)31(34,35)36/h3-14,23,25,27,30H,2,15-18H2,1H3,(H2,37,40)(H,38,41)/t23-,25-,27?/m0/s1. The first-order valence-corrected chi connectivity index (χ1v) is 15.8. The van der Waals surface area contributed by atoms with Crippen LogP contribution < -0.4 is 20.7 Å². The Morgan fingerprint density at radius 2 is 1.63 bits per heavy atom. The summed E-state index contributed by atoms with van der Waals surface area (Å²) in [6, 6.07) is 14.7. The lowest BCUT2D eigenvalue weighted by Gasteiger charge is -2.26. The van der Waals surface area contributed by atoms with Gasteiger partial charge >= 0.3 is 12.8 Å². The molecule has 0 aromatic heterocycles. The lowest BCUT2D eigenvalue weighted by Crippen LogP contribution is -2.34. The summed E-state index contributed by atoms with van der Waals surface area (Å²) in [5, 5.41) is 2.73. The molecule has 0 aliphatic carbocycles. The summed E-state index contributed by atoms with van der Waals surface area (Å²) in [5.74, 6) is -1.14. The predicted octanol–water partition coefficient (Wildman–Crippen LogP) is 5.11. The van der Waals surface area contributed by atoms with Crippen molar-refractivity contribution in [3.8, 4) is 5.75 Å². The zero-order valence-electron chi connectivity index (χ0n) is 24.5. The maximum atomic E-state index is 13.1. The van der Waals surface area contributed by atoms with E-state index < -0.39 is 58.2 Å². The number of alkyl halides is 5. The van der Waals surface area contributed by atoms with Crippen molar-refractivity contribution in [3.63, 3.8) is 0 Å². The molecule has 1 unspecified atom stereocenters. The number of rotatable bonds is 13. The number of hydrogen-bond donors (Lipinski definition) is 2. The molecule has 0 bridgehead atoms. The number of sulfone groups is 1. The van der Waals surface area contributed by atoms with Gasteiger partial charge in [0.25, 0.3) is 5.91 Å². The van der Waals surface area contributed by atoms with Gasteiger partial charge in [-0.15, -0.1) is 0 Å². The van der Waals surface area contributed by atoms with E-state index in [2.05, 4.69) is 10.1 Å². The van der Waals surface area contributed by atoms with Crippen LogP contribution in [-0.4, -0.2) is 57.9 Å². The number of nitrogens with zero attached hydrogens (tertiary/aromatic N) is 1. The van der Waals surface area contributed by atoms with Crippen molar-refractivity contribution in [3.05, 3.63) is 89.5 Å². The summed E-state index contributed by atoms with van der Waals surface area (Å²) in [7, 11) is -3.45. The molecule has 2 amide bonds. The van der Waals surface area contributed by atoms with E-state index in [-0.39, 0.29) is 48.0 Å². The number of nitrogens with one attached hydrogen (secondary N) is 1. The van der Waals surface area contributed by atoms with Crippen molar-refractivity contribution in [1.82, 2.24) is 5.32 Å². The molecule has 1 aliphatic heterocycles. The van der Waals surface area contributed by atoms with Gasteiger partial charge in [0.1, 0.15) is 11.9 Å². The number of carbonyl (C=O) groups excluding carboxylic acids is 2. The van der Waals surface area contributed by atoms with Crippen LogP contribution in [0, 0.1) is 0 Å². The van der Waals surface area contributed by atoms with Gasteiger partial charge in [0, 0.05) is 17.7 Å². The van der Waals surface area contributed by atoms with Crippen LogP contribution in [0.4, 0.5) is 27.6 Å². The first-order chi connectivity index (χ1) is 21.7. The fourth-order valence-corrected chi connectivity index (χ4v) is 5.99. The molecular formula is C31H32F5N3O6S. The highest BCUT2D eigenvalue weighted by atomic mass is 32.2. The first-order valence-electron chi connectivity index (χ1n) is 14.2. The number of carbonyl (C=O) groups is 2. The van der Waals surface area contributed by atoms with E-state index >= 15 is 0 Å². The van der Waals surface area contributed by atoms with Crippen LogP contribution in [0.3, 0.4) is 0 Å². The Morgan fingerprint density at radius 3 is 2.17 bits per heavy atom. The second kappa shape index (κ2) is 14.5. The van der Waals surface area contributed by atoms with Crippen molar-refractivity contribution < 1.29 is 49.4 Å². The van der Waals surface area contributed by atoms with E-state index in [0.717, 1.165) is 12.1 Å².